The lowest BCUT2D eigenvalue weighted by atomic mass is 10.2. The molecule has 0 unspecified atom stereocenters. The van der Waals surface area contributed by atoms with E-state index in [1.807, 2.05) is 0 Å². The second kappa shape index (κ2) is 5.59. The zero-order chi connectivity index (χ0) is 14.9. The van der Waals surface area contributed by atoms with Gasteiger partial charge in [-0.3, -0.25) is 10.1 Å². The van der Waals surface area contributed by atoms with E-state index in [9.17, 15) is 10.1 Å². The summed E-state index contributed by atoms with van der Waals surface area (Å²) in [5.41, 5.74) is 5.88. The Morgan fingerprint density at radius 3 is 2.80 bits per heavy atom. The quantitative estimate of drug-likeness (QED) is 0.664. The molecule has 20 heavy (non-hydrogen) atoms. The van der Waals surface area contributed by atoms with Crippen molar-refractivity contribution in [1.29, 1.82) is 0 Å². The van der Waals surface area contributed by atoms with Crippen molar-refractivity contribution >= 4 is 39.0 Å². The molecule has 0 aliphatic carbocycles. The van der Waals surface area contributed by atoms with Gasteiger partial charge in [-0.15, -0.1) is 0 Å². The summed E-state index contributed by atoms with van der Waals surface area (Å²) in [5.74, 6) is 0.0555. The van der Waals surface area contributed by atoms with Crippen LogP contribution in [0.1, 0.15) is 5.56 Å². The normalized spacial score (nSPS) is 10.3. The van der Waals surface area contributed by atoms with Crippen molar-refractivity contribution in [2.24, 2.45) is 0 Å². The number of nitrogens with two attached hydrogens (primary N) is 1. The number of aromatic nitrogens is 2. The largest absolute Gasteiger partial charge is 0.430 e. The first-order chi connectivity index (χ1) is 9.40. The summed E-state index contributed by atoms with van der Waals surface area (Å²) in [6, 6.07) is 3.02. The van der Waals surface area contributed by atoms with Crippen LogP contribution in [0.25, 0.3) is 0 Å². The average molecular weight is 360 g/mol. The lowest BCUT2D eigenvalue weighted by Gasteiger charge is -2.10. The number of aryl methyl sites for hydroxylation is 1. The molecule has 2 rings (SSSR count). The van der Waals surface area contributed by atoms with Crippen LogP contribution in [0.4, 0.5) is 11.5 Å². The fourth-order valence-corrected chi connectivity index (χ4v) is 2.21. The summed E-state index contributed by atoms with van der Waals surface area (Å²) in [4.78, 5) is 18.0. The fourth-order valence-electron chi connectivity index (χ4n) is 1.51. The third-order valence-electron chi connectivity index (χ3n) is 2.40. The fraction of sp³-hybridized carbons (Fsp3) is 0.0909. The minimum absolute atomic E-state index is 0.00381. The van der Waals surface area contributed by atoms with Gasteiger partial charge < -0.3 is 10.5 Å². The molecule has 0 bridgehead atoms. The van der Waals surface area contributed by atoms with Gasteiger partial charge in [-0.1, -0.05) is 27.5 Å². The molecule has 0 aliphatic heterocycles. The predicted molar refractivity (Wildman–Crippen MR) is 77.1 cm³/mol. The van der Waals surface area contributed by atoms with Crippen molar-refractivity contribution in [3.8, 4) is 11.6 Å². The third kappa shape index (κ3) is 2.81. The predicted octanol–water partition coefficient (Wildman–Crippen LogP) is 3.48. The number of benzene rings is 1. The molecule has 104 valence electrons. The molecule has 0 spiro atoms. The van der Waals surface area contributed by atoms with Gasteiger partial charge in [0.1, 0.15) is 17.2 Å². The third-order valence-corrected chi connectivity index (χ3v) is 3.21. The van der Waals surface area contributed by atoms with Gasteiger partial charge >= 0.3 is 5.69 Å². The molecule has 1 aromatic carbocycles. The molecular weight excluding hydrogens is 352 g/mol. The van der Waals surface area contributed by atoms with Crippen molar-refractivity contribution in [2.45, 2.75) is 6.92 Å². The number of nitro groups is 1. The molecule has 1 aromatic heterocycles. The smallest absolute Gasteiger partial charge is 0.313 e. The highest BCUT2D eigenvalue weighted by atomic mass is 79.9. The van der Waals surface area contributed by atoms with Crippen molar-refractivity contribution in [3.05, 3.63) is 43.6 Å². The highest BCUT2D eigenvalue weighted by Gasteiger charge is 2.21. The van der Waals surface area contributed by atoms with E-state index in [0.29, 0.717) is 10.0 Å². The topological polar surface area (TPSA) is 104 Å². The minimum atomic E-state index is -0.550. The summed E-state index contributed by atoms with van der Waals surface area (Å²) in [6.07, 6.45) is 1.16. The Balaban J connectivity index is 2.53. The number of nitrogens with zero attached hydrogens (tertiary/aromatic N) is 3. The van der Waals surface area contributed by atoms with Crippen LogP contribution in [0.15, 0.2) is 22.9 Å². The van der Waals surface area contributed by atoms with Crippen LogP contribution in [0, 0.1) is 17.0 Å². The number of ether oxygens (including phenoxy) is 1. The molecule has 2 aromatic rings. The van der Waals surface area contributed by atoms with Crippen LogP contribution in [-0.4, -0.2) is 14.9 Å². The second-order valence-corrected chi connectivity index (χ2v) is 5.10. The van der Waals surface area contributed by atoms with E-state index in [0.717, 1.165) is 6.33 Å². The molecule has 0 fully saturated rings. The number of hydrogen-bond donors (Lipinski definition) is 1. The van der Waals surface area contributed by atoms with E-state index in [1.165, 1.54) is 6.07 Å². The number of nitro benzene ring substituents is 1. The standard InChI is InChI=1S/C11H8BrClN4O3/c1-5-2-6(12)3-7(17(18)19)9(5)20-11-8(13)10(14)15-4-16-11/h2-4H,1H3,(H2,14,15,16). The number of nitrogen functional groups attached to an aromatic ring is 1. The van der Waals surface area contributed by atoms with Gasteiger partial charge in [0, 0.05) is 16.1 Å². The first-order valence-corrected chi connectivity index (χ1v) is 6.45. The molecule has 0 radical (unpaired) electrons. The molecule has 0 atom stereocenters. The van der Waals surface area contributed by atoms with Crippen molar-refractivity contribution in [3.63, 3.8) is 0 Å². The molecule has 0 aliphatic rings. The van der Waals surface area contributed by atoms with Gasteiger partial charge in [0.15, 0.2) is 0 Å². The first kappa shape index (κ1) is 14.5. The van der Waals surface area contributed by atoms with Crippen molar-refractivity contribution < 1.29 is 9.66 Å². The second-order valence-electron chi connectivity index (χ2n) is 3.81. The van der Waals surface area contributed by atoms with Crippen molar-refractivity contribution in [2.75, 3.05) is 5.73 Å². The van der Waals surface area contributed by atoms with E-state index in [1.54, 1.807) is 13.0 Å². The van der Waals surface area contributed by atoms with Gasteiger partial charge in [-0.25, -0.2) is 4.98 Å². The minimum Gasteiger partial charge on any atom is -0.430 e. The Hall–Kier alpha value is -1.93. The van der Waals surface area contributed by atoms with Gasteiger partial charge in [-0.2, -0.15) is 4.98 Å². The number of rotatable bonds is 3. The van der Waals surface area contributed by atoms with E-state index in [-0.39, 0.29) is 28.2 Å². The molecule has 7 nitrogen and oxygen atoms in total. The summed E-state index contributed by atoms with van der Waals surface area (Å²) in [5, 5.41) is 11.1. The average Bonchev–Trinajstić information content (AvgIpc) is 2.37. The maximum Gasteiger partial charge on any atom is 0.313 e. The van der Waals surface area contributed by atoms with E-state index >= 15 is 0 Å². The van der Waals surface area contributed by atoms with Gasteiger partial charge in [-0.05, 0) is 13.0 Å². The van der Waals surface area contributed by atoms with Gasteiger partial charge in [0.05, 0.1) is 4.92 Å². The SMILES string of the molecule is Cc1cc(Br)cc([N+](=O)[O-])c1Oc1ncnc(N)c1Cl. The Morgan fingerprint density at radius 2 is 2.15 bits per heavy atom. The summed E-state index contributed by atoms with van der Waals surface area (Å²) < 4.78 is 6.01. The van der Waals surface area contributed by atoms with Crippen LogP contribution in [-0.2, 0) is 0 Å². The lowest BCUT2D eigenvalue weighted by molar-refractivity contribution is -0.385. The zero-order valence-electron chi connectivity index (χ0n) is 10.1. The van der Waals surface area contributed by atoms with Gasteiger partial charge in [0.2, 0.25) is 11.6 Å². The van der Waals surface area contributed by atoms with E-state index in [4.69, 9.17) is 22.1 Å². The number of hydrogen-bond acceptors (Lipinski definition) is 6. The van der Waals surface area contributed by atoms with E-state index < -0.39 is 4.92 Å². The lowest BCUT2D eigenvalue weighted by Crippen LogP contribution is -2.00. The maximum atomic E-state index is 11.1. The Bertz CT molecular complexity index is 696. The van der Waals surface area contributed by atoms with Crippen LogP contribution >= 0.6 is 27.5 Å². The Labute approximate surface area is 127 Å². The van der Waals surface area contributed by atoms with Gasteiger partial charge in [0.25, 0.3) is 0 Å². The maximum absolute atomic E-state index is 11.1. The monoisotopic (exact) mass is 358 g/mol. The van der Waals surface area contributed by atoms with Crippen LogP contribution in [0.3, 0.4) is 0 Å². The molecule has 2 N–H and O–H groups in total. The molecular formula is C11H8BrClN4O3. The zero-order valence-corrected chi connectivity index (χ0v) is 12.5. The molecule has 0 amide bonds. The summed E-state index contributed by atoms with van der Waals surface area (Å²) in [7, 11) is 0. The van der Waals surface area contributed by atoms with E-state index in [2.05, 4.69) is 25.9 Å². The van der Waals surface area contributed by atoms with Crippen LogP contribution in [0.2, 0.25) is 5.02 Å². The molecule has 1 heterocycles. The van der Waals surface area contributed by atoms with Crippen LogP contribution in [0.5, 0.6) is 11.6 Å². The van der Waals surface area contributed by atoms with Crippen molar-refractivity contribution in [1.82, 2.24) is 9.97 Å². The first-order valence-electron chi connectivity index (χ1n) is 5.28. The Kier molecular flexibility index (Phi) is 4.05. The number of anilines is 1. The number of halogens is 2. The highest BCUT2D eigenvalue weighted by Crippen LogP contribution is 2.39. The van der Waals surface area contributed by atoms with Crippen LogP contribution < -0.4 is 10.5 Å². The summed E-state index contributed by atoms with van der Waals surface area (Å²) in [6.45, 7) is 1.67. The Morgan fingerprint density at radius 1 is 1.45 bits per heavy atom. The highest BCUT2D eigenvalue weighted by molar-refractivity contribution is 9.10. The summed E-state index contributed by atoms with van der Waals surface area (Å²) >= 11 is 9.10. The molecule has 0 saturated heterocycles. The molecule has 9 heteroatoms. The molecule has 0 saturated carbocycles.